The molecule has 28 heavy (non-hydrogen) atoms. The van der Waals surface area contributed by atoms with Crippen molar-refractivity contribution < 1.29 is 32.2 Å². The first-order valence-electron chi connectivity index (χ1n) is 8.29. The third-order valence-corrected chi connectivity index (χ3v) is 4.08. The van der Waals surface area contributed by atoms with E-state index in [1.807, 2.05) is 0 Å². The fourth-order valence-electron chi connectivity index (χ4n) is 2.67. The van der Waals surface area contributed by atoms with Crippen LogP contribution in [0.1, 0.15) is 5.69 Å². The van der Waals surface area contributed by atoms with Crippen molar-refractivity contribution in [3.8, 4) is 17.4 Å². The molecule has 0 bridgehead atoms. The predicted molar refractivity (Wildman–Crippen MR) is 93.8 cm³/mol. The van der Waals surface area contributed by atoms with Crippen LogP contribution >= 0.6 is 0 Å². The number of amides is 2. The highest BCUT2D eigenvalue weighted by atomic mass is 19.4. The van der Waals surface area contributed by atoms with Gasteiger partial charge >= 0.3 is 12.2 Å². The number of methoxy groups -OCH3 is 2. The Morgan fingerprint density at radius 1 is 1.14 bits per heavy atom. The van der Waals surface area contributed by atoms with E-state index >= 15 is 0 Å². The monoisotopic (exact) mass is 397 g/mol. The van der Waals surface area contributed by atoms with Crippen molar-refractivity contribution in [1.82, 2.24) is 9.88 Å². The van der Waals surface area contributed by atoms with Gasteiger partial charge in [0, 0.05) is 6.07 Å². The van der Waals surface area contributed by atoms with Crippen LogP contribution in [0.4, 0.5) is 23.7 Å². The van der Waals surface area contributed by atoms with Crippen LogP contribution in [0.2, 0.25) is 0 Å². The lowest BCUT2D eigenvalue weighted by Gasteiger charge is -2.38. The number of benzene rings is 1. The Kier molecular flexibility index (Phi) is 5.48. The van der Waals surface area contributed by atoms with Gasteiger partial charge in [0.1, 0.15) is 11.8 Å². The number of nitrogens with zero attached hydrogens (tertiary/aromatic N) is 2. The molecular formula is C18H18F3N3O4. The molecule has 0 unspecified atom stereocenters. The first-order chi connectivity index (χ1) is 13.3. The van der Waals surface area contributed by atoms with Gasteiger partial charge in [0.05, 0.1) is 33.0 Å². The van der Waals surface area contributed by atoms with Gasteiger partial charge in [-0.25, -0.2) is 9.78 Å². The van der Waals surface area contributed by atoms with E-state index in [0.29, 0.717) is 17.2 Å². The molecule has 10 heteroatoms. The Morgan fingerprint density at radius 3 is 2.50 bits per heavy atom. The van der Waals surface area contributed by atoms with E-state index in [4.69, 9.17) is 14.2 Å². The van der Waals surface area contributed by atoms with E-state index in [9.17, 15) is 18.0 Å². The SMILES string of the molecule is COc1cccc(NC(=O)N2CC(Oc3cccc(C(F)(F)F)n3)C2)c1OC. The number of carbonyl (C=O) groups excluding carboxylic acids is 1. The van der Waals surface area contributed by atoms with Crippen LogP contribution in [-0.4, -0.2) is 49.3 Å². The topological polar surface area (TPSA) is 72.9 Å². The van der Waals surface area contributed by atoms with Crippen molar-refractivity contribution >= 4 is 11.7 Å². The number of likely N-dealkylation sites (tertiary alicyclic amines) is 1. The third kappa shape index (κ3) is 4.21. The third-order valence-electron chi connectivity index (χ3n) is 4.08. The van der Waals surface area contributed by atoms with E-state index in [1.165, 1.54) is 31.3 Å². The molecule has 0 spiro atoms. The Balaban J connectivity index is 1.57. The summed E-state index contributed by atoms with van der Waals surface area (Å²) in [5, 5.41) is 2.71. The minimum atomic E-state index is -4.54. The van der Waals surface area contributed by atoms with E-state index in [-0.39, 0.29) is 25.0 Å². The van der Waals surface area contributed by atoms with Crippen LogP contribution in [0.15, 0.2) is 36.4 Å². The standard InChI is InChI=1S/C18H18F3N3O4/c1-26-13-6-3-5-12(16(13)27-2)22-17(25)24-9-11(10-24)28-15-8-4-7-14(23-15)18(19,20)21/h3-8,11H,9-10H2,1-2H3,(H,22,25). The van der Waals surface area contributed by atoms with Crippen LogP contribution in [0.25, 0.3) is 0 Å². The number of para-hydroxylation sites is 1. The average Bonchev–Trinajstić information content (AvgIpc) is 2.63. The molecule has 0 atom stereocenters. The molecule has 150 valence electrons. The van der Waals surface area contributed by atoms with Gasteiger partial charge in [-0.1, -0.05) is 12.1 Å². The Bertz CT molecular complexity index is 854. The van der Waals surface area contributed by atoms with Crippen LogP contribution in [-0.2, 0) is 6.18 Å². The first kappa shape index (κ1) is 19.6. The molecule has 1 aliphatic heterocycles. The molecule has 7 nitrogen and oxygen atoms in total. The van der Waals surface area contributed by atoms with Crippen LogP contribution in [0, 0.1) is 0 Å². The van der Waals surface area contributed by atoms with Crippen LogP contribution in [0.3, 0.4) is 0 Å². The smallest absolute Gasteiger partial charge is 0.433 e. The van der Waals surface area contributed by atoms with Gasteiger partial charge in [-0.05, 0) is 18.2 Å². The molecule has 1 N–H and O–H groups in total. The number of pyridine rings is 1. The number of halogens is 3. The summed E-state index contributed by atoms with van der Waals surface area (Å²) in [5.74, 6) is 0.731. The Labute approximate surface area is 159 Å². The minimum Gasteiger partial charge on any atom is -0.493 e. The van der Waals surface area contributed by atoms with Crippen molar-refractivity contribution in [2.45, 2.75) is 12.3 Å². The van der Waals surface area contributed by atoms with Gasteiger partial charge in [-0.2, -0.15) is 13.2 Å². The number of alkyl halides is 3. The number of hydrogen-bond acceptors (Lipinski definition) is 5. The van der Waals surface area contributed by atoms with Gasteiger partial charge in [-0.15, -0.1) is 0 Å². The molecule has 1 aliphatic rings. The summed E-state index contributed by atoms with van der Waals surface area (Å²) in [6.07, 6.45) is -4.98. The number of nitrogens with one attached hydrogen (secondary N) is 1. The van der Waals surface area contributed by atoms with Crippen molar-refractivity contribution in [2.24, 2.45) is 0 Å². The van der Waals surface area contributed by atoms with Gasteiger partial charge in [-0.3, -0.25) is 0 Å². The van der Waals surface area contributed by atoms with E-state index < -0.39 is 18.0 Å². The number of hydrogen-bond donors (Lipinski definition) is 1. The van der Waals surface area contributed by atoms with Crippen molar-refractivity contribution in [1.29, 1.82) is 0 Å². The zero-order valence-electron chi connectivity index (χ0n) is 15.1. The first-order valence-corrected chi connectivity index (χ1v) is 8.29. The molecule has 0 radical (unpaired) electrons. The summed E-state index contributed by atoms with van der Waals surface area (Å²) < 4.78 is 53.9. The average molecular weight is 397 g/mol. The van der Waals surface area contributed by atoms with Gasteiger partial charge in [0.2, 0.25) is 5.88 Å². The molecule has 1 fully saturated rings. The molecule has 2 aromatic rings. The maximum atomic E-state index is 12.7. The summed E-state index contributed by atoms with van der Waals surface area (Å²) in [6, 6.07) is 8.13. The lowest BCUT2D eigenvalue weighted by Crippen LogP contribution is -2.57. The molecule has 0 saturated carbocycles. The van der Waals surface area contributed by atoms with Crippen LogP contribution in [0.5, 0.6) is 17.4 Å². The number of aromatic nitrogens is 1. The zero-order chi connectivity index (χ0) is 20.3. The highest BCUT2D eigenvalue weighted by molar-refractivity contribution is 5.92. The van der Waals surface area contributed by atoms with E-state index in [2.05, 4.69) is 10.3 Å². The molecular weight excluding hydrogens is 379 g/mol. The zero-order valence-corrected chi connectivity index (χ0v) is 15.1. The van der Waals surface area contributed by atoms with Crippen LogP contribution < -0.4 is 19.5 Å². The largest absolute Gasteiger partial charge is 0.493 e. The highest BCUT2D eigenvalue weighted by Gasteiger charge is 2.35. The lowest BCUT2D eigenvalue weighted by molar-refractivity contribution is -0.141. The second-order valence-corrected chi connectivity index (χ2v) is 5.97. The summed E-state index contributed by atoms with van der Waals surface area (Å²) in [4.78, 5) is 17.2. The van der Waals surface area contributed by atoms with E-state index in [1.54, 1.807) is 18.2 Å². The Morgan fingerprint density at radius 2 is 1.86 bits per heavy atom. The summed E-state index contributed by atoms with van der Waals surface area (Å²) in [6.45, 7) is 0.437. The molecule has 2 amide bonds. The summed E-state index contributed by atoms with van der Waals surface area (Å²) in [7, 11) is 2.95. The predicted octanol–water partition coefficient (Wildman–Crippen LogP) is 3.41. The second kappa shape index (κ2) is 7.83. The maximum Gasteiger partial charge on any atom is 0.433 e. The number of rotatable bonds is 5. The van der Waals surface area contributed by atoms with Gasteiger partial charge < -0.3 is 24.4 Å². The fourth-order valence-corrected chi connectivity index (χ4v) is 2.67. The molecule has 3 rings (SSSR count). The summed E-state index contributed by atoms with van der Waals surface area (Å²) >= 11 is 0. The van der Waals surface area contributed by atoms with Gasteiger partial charge in [0.15, 0.2) is 11.5 Å². The number of anilines is 1. The number of urea groups is 1. The summed E-state index contributed by atoms with van der Waals surface area (Å²) in [5.41, 5.74) is -0.584. The fraction of sp³-hybridized carbons (Fsp3) is 0.333. The normalized spacial score (nSPS) is 14.2. The van der Waals surface area contributed by atoms with Crippen molar-refractivity contribution in [3.63, 3.8) is 0 Å². The quantitative estimate of drug-likeness (QED) is 0.837. The second-order valence-electron chi connectivity index (χ2n) is 5.97. The molecule has 1 aromatic carbocycles. The van der Waals surface area contributed by atoms with Crippen molar-refractivity contribution in [2.75, 3.05) is 32.6 Å². The maximum absolute atomic E-state index is 12.7. The molecule has 1 aromatic heterocycles. The van der Waals surface area contributed by atoms with Crippen molar-refractivity contribution in [3.05, 3.63) is 42.1 Å². The number of ether oxygens (including phenoxy) is 3. The molecule has 0 aliphatic carbocycles. The lowest BCUT2D eigenvalue weighted by atomic mass is 10.2. The van der Waals surface area contributed by atoms with Gasteiger partial charge in [0.25, 0.3) is 0 Å². The Hall–Kier alpha value is -3.17. The molecule has 2 heterocycles. The number of carbonyl (C=O) groups is 1. The minimum absolute atomic E-state index is 0.130. The van der Waals surface area contributed by atoms with E-state index in [0.717, 1.165) is 6.07 Å². The highest BCUT2D eigenvalue weighted by Crippen LogP contribution is 2.35. The molecule has 1 saturated heterocycles.